The number of benzene rings is 2. The van der Waals surface area contributed by atoms with Crippen LogP contribution in [0, 0.1) is 13.8 Å². The van der Waals surface area contributed by atoms with Crippen LogP contribution in [0.5, 0.6) is 5.75 Å². The molecule has 0 bridgehead atoms. The summed E-state index contributed by atoms with van der Waals surface area (Å²) in [5.74, 6) is -1.76. The zero-order valence-electron chi connectivity index (χ0n) is 23.6. The third-order valence-electron chi connectivity index (χ3n) is 7.19. The number of pyridine rings is 1. The van der Waals surface area contributed by atoms with Crippen LogP contribution in [0.4, 0.5) is 0 Å². The van der Waals surface area contributed by atoms with Gasteiger partial charge in [-0.2, -0.15) is 4.57 Å². The quantitative estimate of drug-likeness (QED) is 0.167. The van der Waals surface area contributed by atoms with E-state index < -0.39 is 48.4 Å². The van der Waals surface area contributed by atoms with Crippen molar-refractivity contribution in [3.05, 3.63) is 47.8 Å². The number of aryl methyl sites for hydroxylation is 2. The molecule has 11 heteroatoms. The number of H-pyrrole nitrogens is 1. The third-order valence-corrected chi connectivity index (χ3v) is 7.19. The van der Waals surface area contributed by atoms with Crippen molar-refractivity contribution >= 4 is 56.5 Å². The summed E-state index contributed by atoms with van der Waals surface area (Å²) in [7, 11) is 0. The molecule has 0 spiro atoms. The predicted octanol–water partition coefficient (Wildman–Crippen LogP) is 3.63. The lowest BCUT2D eigenvalue weighted by atomic mass is 9.96. The van der Waals surface area contributed by atoms with Gasteiger partial charge in [-0.3, -0.25) is 19.2 Å². The van der Waals surface area contributed by atoms with E-state index in [0.29, 0.717) is 5.75 Å². The van der Waals surface area contributed by atoms with E-state index >= 15 is 0 Å². The summed E-state index contributed by atoms with van der Waals surface area (Å²) in [6, 6.07) is 7.41. The number of nitrogens with one attached hydrogen (secondary N) is 1. The standard InChI is InChI=1S/C30H30N2O9/c1-14-23-12-32(30-29(41-19(6)36)28(40-18(5)35)25(13-37-30)39-17(4)34)10-9-21(23)15(2)27-26(14)22-11-20(38-16(3)33)7-8-24(22)31-27/h7-12,25,28-30H,13H2,1-6H3/p+1/t25-,28-,29-,30-/m0/s1. The molecule has 4 aromatic rings. The van der Waals surface area contributed by atoms with E-state index in [-0.39, 0.29) is 6.61 Å². The predicted molar refractivity (Wildman–Crippen MR) is 146 cm³/mol. The largest absolute Gasteiger partial charge is 0.456 e. The Hall–Kier alpha value is -4.51. The Morgan fingerprint density at radius 1 is 0.829 bits per heavy atom. The highest BCUT2D eigenvalue weighted by Crippen LogP contribution is 2.38. The number of nitrogens with zero attached hydrogens (tertiary/aromatic N) is 1. The average molecular weight is 564 g/mol. The Morgan fingerprint density at radius 2 is 1.51 bits per heavy atom. The second-order valence-corrected chi connectivity index (χ2v) is 10.2. The third kappa shape index (κ3) is 5.32. The number of esters is 4. The molecule has 0 aliphatic carbocycles. The lowest BCUT2D eigenvalue weighted by molar-refractivity contribution is -0.773. The van der Waals surface area contributed by atoms with E-state index in [4.69, 9.17) is 23.7 Å². The van der Waals surface area contributed by atoms with Gasteiger partial charge >= 0.3 is 30.1 Å². The van der Waals surface area contributed by atoms with Crippen molar-refractivity contribution in [3.63, 3.8) is 0 Å². The van der Waals surface area contributed by atoms with E-state index in [1.54, 1.807) is 16.8 Å². The van der Waals surface area contributed by atoms with Crippen molar-refractivity contribution in [3.8, 4) is 5.75 Å². The van der Waals surface area contributed by atoms with Gasteiger partial charge in [-0.1, -0.05) is 0 Å². The Balaban J connectivity index is 1.65. The molecule has 1 N–H and O–H groups in total. The Bertz CT molecular complexity index is 1720. The van der Waals surface area contributed by atoms with Gasteiger partial charge in [0.05, 0.1) is 12.1 Å². The summed E-state index contributed by atoms with van der Waals surface area (Å²) in [6.07, 6.45) is -0.320. The van der Waals surface area contributed by atoms with Crippen molar-refractivity contribution in [1.82, 2.24) is 4.98 Å². The number of hydrogen-bond donors (Lipinski definition) is 1. The molecule has 1 aliphatic rings. The summed E-state index contributed by atoms with van der Waals surface area (Å²) in [4.78, 5) is 50.9. The maximum Gasteiger partial charge on any atom is 0.308 e. The Labute approximate surface area is 235 Å². The zero-order chi connectivity index (χ0) is 29.6. The molecule has 0 amide bonds. The molecular weight excluding hydrogens is 532 g/mol. The number of carbonyl (C=O) groups is 4. The maximum absolute atomic E-state index is 12.1. The minimum absolute atomic E-state index is 0.0799. The van der Waals surface area contributed by atoms with Crippen LogP contribution in [0.3, 0.4) is 0 Å². The Morgan fingerprint density at radius 3 is 2.17 bits per heavy atom. The van der Waals surface area contributed by atoms with E-state index in [2.05, 4.69) is 4.98 Å². The fourth-order valence-corrected chi connectivity index (χ4v) is 5.62. The molecule has 41 heavy (non-hydrogen) atoms. The first-order valence-corrected chi connectivity index (χ1v) is 13.2. The number of aromatic amines is 1. The van der Waals surface area contributed by atoms with Crippen LogP contribution in [0.25, 0.3) is 32.6 Å². The normalized spacial score (nSPS) is 20.6. The van der Waals surface area contributed by atoms with Crippen LogP contribution in [-0.2, 0) is 38.1 Å². The molecule has 5 rings (SSSR count). The first-order chi connectivity index (χ1) is 19.4. The van der Waals surface area contributed by atoms with Gasteiger partial charge in [0, 0.05) is 55.4 Å². The zero-order valence-corrected chi connectivity index (χ0v) is 23.6. The molecule has 214 valence electrons. The summed E-state index contributed by atoms with van der Waals surface area (Å²) < 4.78 is 29.6. The fraction of sp³-hybridized carbons (Fsp3) is 0.367. The van der Waals surface area contributed by atoms with Crippen LogP contribution in [-0.4, -0.2) is 53.8 Å². The molecule has 1 aliphatic heterocycles. The lowest BCUT2D eigenvalue weighted by Gasteiger charge is -2.37. The molecule has 0 unspecified atom stereocenters. The number of fused-ring (bicyclic) bond motifs is 4. The smallest absolute Gasteiger partial charge is 0.308 e. The van der Waals surface area contributed by atoms with Gasteiger partial charge in [0.15, 0.2) is 24.6 Å². The van der Waals surface area contributed by atoms with Gasteiger partial charge in [0.25, 0.3) is 0 Å². The average Bonchev–Trinajstić information content (AvgIpc) is 3.27. The molecule has 11 nitrogen and oxygen atoms in total. The van der Waals surface area contributed by atoms with Crippen LogP contribution in [0.2, 0.25) is 0 Å². The second kappa shape index (κ2) is 10.8. The molecule has 4 atom stereocenters. The maximum atomic E-state index is 12.1. The van der Waals surface area contributed by atoms with Gasteiger partial charge in [-0.25, -0.2) is 0 Å². The van der Waals surface area contributed by atoms with Crippen LogP contribution in [0.15, 0.2) is 36.7 Å². The van der Waals surface area contributed by atoms with Gasteiger partial charge in [0.1, 0.15) is 5.75 Å². The molecular formula is C30H31N2O9+. The minimum Gasteiger partial charge on any atom is -0.456 e. The van der Waals surface area contributed by atoms with Crippen molar-refractivity contribution in [1.29, 1.82) is 0 Å². The van der Waals surface area contributed by atoms with Crippen LogP contribution in [0.1, 0.15) is 45.0 Å². The van der Waals surface area contributed by atoms with E-state index in [9.17, 15) is 19.2 Å². The molecule has 0 saturated carbocycles. The fourth-order valence-electron chi connectivity index (χ4n) is 5.62. The van der Waals surface area contributed by atoms with Gasteiger partial charge < -0.3 is 28.7 Å². The molecule has 0 radical (unpaired) electrons. The number of aromatic nitrogens is 2. The van der Waals surface area contributed by atoms with Gasteiger partial charge in [-0.15, -0.1) is 0 Å². The molecule has 2 aromatic heterocycles. The lowest BCUT2D eigenvalue weighted by Crippen LogP contribution is -2.61. The highest BCUT2D eigenvalue weighted by atomic mass is 16.6. The van der Waals surface area contributed by atoms with E-state index in [1.165, 1.54) is 27.7 Å². The molecule has 2 aromatic carbocycles. The van der Waals surface area contributed by atoms with Crippen molar-refractivity contribution in [2.45, 2.75) is 66.1 Å². The molecule has 1 fully saturated rings. The van der Waals surface area contributed by atoms with Gasteiger partial charge in [0.2, 0.25) is 6.10 Å². The minimum atomic E-state index is -1.10. The number of carbonyl (C=O) groups excluding carboxylic acids is 4. The number of ether oxygens (including phenoxy) is 5. The monoisotopic (exact) mass is 563 g/mol. The topological polar surface area (TPSA) is 134 Å². The number of hydrogen-bond acceptors (Lipinski definition) is 9. The molecule has 3 heterocycles. The summed E-state index contributed by atoms with van der Waals surface area (Å²) in [5, 5.41) is 3.79. The van der Waals surface area contributed by atoms with Crippen molar-refractivity contribution < 1.29 is 47.4 Å². The summed E-state index contributed by atoms with van der Waals surface area (Å²) >= 11 is 0. The van der Waals surface area contributed by atoms with E-state index in [1.807, 2.05) is 38.2 Å². The van der Waals surface area contributed by atoms with Crippen LogP contribution >= 0.6 is 0 Å². The summed E-state index contributed by atoms with van der Waals surface area (Å²) in [5.41, 5.74) is 3.85. The van der Waals surface area contributed by atoms with Crippen molar-refractivity contribution in [2.24, 2.45) is 0 Å². The molecule has 1 saturated heterocycles. The SMILES string of the molecule is CC(=O)Oc1ccc2[nH]c3c(C)c4cc[n+]([C@H]5OC[C@H](OC(C)=O)[C@H](OC(C)=O)[C@@H]5OC(C)=O)cc4c(C)c3c2c1. The van der Waals surface area contributed by atoms with Gasteiger partial charge in [-0.05, 0) is 48.6 Å². The first-order valence-electron chi connectivity index (χ1n) is 13.2. The Kier molecular flexibility index (Phi) is 7.39. The number of rotatable bonds is 5. The highest BCUT2D eigenvalue weighted by molar-refractivity contribution is 6.16. The first kappa shape index (κ1) is 28.0. The summed E-state index contributed by atoms with van der Waals surface area (Å²) in [6.45, 7) is 9.02. The van der Waals surface area contributed by atoms with Crippen molar-refractivity contribution in [2.75, 3.05) is 6.61 Å². The highest BCUT2D eigenvalue weighted by Gasteiger charge is 2.51. The van der Waals surface area contributed by atoms with E-state index in [0.717, 1.165) is 43.7 Å². The second-order valence-electron chi connectivity index (χ2n) is 10.2. The van der Waals surface area contributed by atoms with Crippen LogP contribution < -0.4 is 9.30 Å².